The second-order valence-corrected chi connectivity index (χ2v) is 10.7. The van der Waals surface area contributed by atoms with E-state index < -0.39 is 0 Å². The van der Waals surface area contributed by atoms with Gasteiger partial charge in [0.1, 0.15) is 22.8 Å². The molecule has 0 unspecified atom stereocenters. The molecule has 0 aliphatic heterocycles. The maximum absolute atomic E-state index is 12.8. The quantitative estimate of drug-likeness (QED) is 0.146. The molecule has 4 aromatic heterocycles. The summed E-state index contributed by atoms with van der Waals surface area (Å²) in [5, 5.41) is 6.07. The summed E-state index contributed by atoms with van der Waals surface area (Å²) in [4.78, 5) is 43.8. The van der Waals surface area contributed by atoms with Crippen LogP contribution in [0.15, 0.2) is 45.9 Å². The highest BCUT2D eigenvalue weighted by Gasteiger charge is 2.54. The number of aromatic nitrogens is 6. The number of carbonyl (C=O) groups is 2. The summed E-state index contributed by atoms with van der Waals surface area (Å²) < 4.78 is 1.59. The third-order valence-electron chi connectivity index (χ3n) is 6.68. The summed E-state index contributed by atoms with van der Waals surface area (Å²) >= 11 is 6.71. The topological polar surface area (TPSA) is 202 Å². The van der Waals surface area contributed by atoms with Gasteiger partial charge < -0.3 is 20.6 Å². The second kappa shape index (κ2) is 9.85. The maximum atomic E-state index is 12.8. The molecule has 0 bridgehead atoms. The number of nitrogens with two attached hydrogens (primary N) is 2. The average Bonchev–Trinajstić information content (AvgIpc) is 3.63. The molecule has 4 atom stereocenters. The lowest BCUT2D eigenvalue weighted by atomic mass is 9.54. The van der Waals surface area contributed by atoms with Crippen molar-refractivity contribution in [2.75, 3.05) is 24.6 Å². The summed E-state index contributed by atoms with van der Waals surface area (Å²) in [6, 6.07) is 3.45. The minimum absolute atomic E-state index is 0.0102. The highest BCUT2D eigenvalue weighted by Crippen LogP contribution is 2.56. The Kier molecular flexibility index (Phi) is 6.62. The van der Waals surface area contributed by atoms with Gasteiger partial charge in [0.15, 0.2) is 0 Å². The van der Waals surface area contributed by atoms with Crippen molar-refractivity contribution in [2.45, 2.75) is 11.8 Å². The number of carbonyl (C=O) groups excluding carboxylic acids is 2. The lowest BCUT2D eigenvalue weighted by Gasteiger charge is -2.50. The number of amides is 2. The highest BCUT2D eigenvalue weighted by molar-refractivity contribution is 9.10. The Morgan fingerprint density at radius 2 is 1.22 bits per heavy atom. The number of nitrogen functional groups attached to an aromatic ring is 2. The zero-order valence-corrected chi connectivity index (χ0v) is 22.1. The first-order valence-corrected chi connectivity index (χ1v) is 12.8. The summed E-state index contributed by atoms with van der Waals surface area (Å²) in [6.45, 7) is 0.786. The third kappa shape index (κ3) is 4.78. The average molecular weight is 622 g/mol. The molecular weight excluding hydrogens is 596 g/mol. The van der Waals surface area contributed by atoms with Crippen LogP contribution in [0.25, 0.3) is 0 Å². The first kappa shape index (κ1) is 24.2. The summed E-state index contributed by atoms with van der Waals surface area (Å²) in [5.74, 6) is 0.384. The molecule has 1 aliphatic rings. The van der Waals surface area contributed by atoms with Gasteiger partial charge in [-0.15, -0.1) is 0 Å². The van der Waals surface area contributed by atoms with Crippen LogP contribution in [0.1, 0.15) is 44.2 Å². The molecule has 188 valence electrons. The number of aromatic amines is 6. The van der Waals surface area contributed by atoms with Gasteiger partial charge in [-0.2, -0.15) is 0 Å². The van der Waals surface area contributed by atoms with Crippen LogP contribution in [0, 0.1) is 11.8 Å². The largest absolute Gasteiger partial charge is 0.356 e. The Morgan fingerprint density at radius 1 is 0.806 bits per heavy atom. The molecule has 1 saturated carbocycles. The molecule has 36 heavy (non-hydrogen) atoms. The summed E-state index contributed by atoms with van der Waals surface area (Å²) in [7, 11) is 0. The SMILES string of the molecule is Nc1[nH]c([C@@H]2[C@@H](CNC(=O)c3cc(Br)c[nH]3)[C@H](CNC(=O)c3cc(Br)c[nH]3)[C@H]2c2c[nH+]c(N)[nH]2)c[nH+]1. The first-order chi connectivity index (χ1) is 17.3. The molecule has 0 saturated heterocycles. The van der Waals surface area contributed by atoms with Gasteiger partial charge in [0.25, 0.3) is 11.8 Å². The molecule has 0 radical (unpaired) electrons. The first-order valence-electron chi connectivity index (χ1n) is 11.3. The van der Waals surface area contributed by atoms with Gasteiger partial charge in [-0.3, -0.25) is 21.1 Å². The molecule has 0 spiro atoms. The molecule has 4 heterocycles. The van der Waals surface area contributed by atoms with E-state index >= 15 is 0 Å². The third-order valence-corrected chi connectivity index (χ3v) is 7.60. The monoisotopic (exact) mass is 620 g/mol. The zero-order valence-electron chi connectivity index (χ0n) is 18.9. The van der Waals surface area contributed by atoms with E-state index in [1.165, 1.54) is 0 Å². The van der Waals surface area contributed by atoms with Crippen LogP contribution in [0.5, 0.6) is 0 Å². The van der Waals surface area contributed by atoms with E-state index in [0.717, 1.165) is 20.3 Å². The van der Waals surface area contributed by atoms with Crippen molar-refractivity contribution in [3.63, 3.8) is 0 Å². The summed E-state index contributed by atoms with van der Waals surface area (Å²) in [6.07, 6.45) is 7.09. The Morgan fingerprint density at radius 3 is 1.53 bits per heavy atom. The van der Waals surface area contributed by atoms with E-state index in [1.807, 2.05) is 12.4 Å². The number of nitrogens with one attached hydrogen (secondary N) is 8. The number of anilines is 2. The van der Waals surface area contributed by atoms with E-state index in [4.69, 9.17) is 11.5 Å². The minimum atomic E-state index is -0.211. The van der Waals surface area contributed by atoms with Crippen molar-refractivity contribution < 1.29 is 19.6 Å². The van der Waals surface area contributed by atoms with Gasteiger partial charge in [-0.25, -0.2) is 19.9 Å². The van der Waals surface area contributed by atoms with E-state index in [0.29, 0.717) is 36.4 Å². The van der Waals surface area contributed by atoms with Crippen LogP contribution in [-0.4, -0.2) is 44.8 Å². The van der Waals surface area contributed by atoms with Crippen molar-refractivity contribution in [1.82, 2.24) is 30.6 Å². The Balaban J connectivity index is 1.40. The number of halogens is 2. The fraction of sp³-hybridized carbons (Fsp3) is 0.273. The van der Waals surface area contributed by atoms with Crippen molar-refractivity contribution in [3.8, 4) is 0 Å². The normalized spacial score (nSPS) is 21.2. The van der Waals surface area contributed by atoms with E-state index in [2.05, 4.69) is 72.4 Å². The highest BCUT2D eigenvalue weighted by atomic mass is 79.9. The van der Waals surface area contributed by atoms with Gasteiger partial charge in [-0.1, -0.05) is 0 Å². The van der Waals surface area contributed by atoms with Crippen LogP contribution in [0.4, 0.5) is 11.9 Å². The fourth-order valence-electron chi connectivity index (χ4n) is 5.06. The van der Waals surface area contributed by atoms with Gasteiger partial charge in [0.05, 0.1) is 12.4 Å². The molecule has 12 nitrogen and oxygen atoms in total. The Bertz CT molecular complexity index is 1280. The number of H-pyrrole nitrogens is 6. The molecule has 0 aromatic carbocycles. The second-order valence-electron chi connectivity index (χ2n) is 8.83. The standard InChI is InChI=1S/C22H24Br2N10O2/c23-9-1-13(27-3-9)19(35)29-5-11-12(6-30-20(36)14-2-10(24)4-28-14)18(16-8-32-22(26)34-16)17(11)15-7-31-21(25)33-15/h1-4,7-8,11-12,17-18,27-28H,5-6H2,(H,29,35)(H,30,36)(H3,25,31,33)(H3,26,32,34)/p+2/t11-,12-,17-,18-/m0/s1. The van der Waals surface area contributed by atoms with E-state index in [-0.39, 0.29) is 35.5 Å². The molecule has 5 rings (SSSR count). The smallest absolute Gasteiger partial charge is 0.350 e. The van der Waals surface area contributed by atoms with Crippen molar-refractivity contribution >= 4 is 55.6 Å². The van der Waals surface area contributed by atoms with Gasteiger partial charge in [0, 0.05) is 46.3 Å². The molecule has 4 aromatic rings. The predicted molar refractivity (Wildman–Crippen MR) is 138 cm³/mol. The lowest BCUT2D eigenvalue weighted by Crippen LogP contribution is -2.53. The van der Waals surface area contributed by atoms with Crippen LogP contribution in [0.3, 0.4) is 0 Å². The molecular formula is C22H26Br2N10O2+2. The van der Waals surface area contributed by atoms with E-state index in [9.17, 15) is 9.59 Å². The van der Waals surface area contributed by atoms with Crippen LogP contribution < -0.4 is 32.1 Å². The molecule has 1 aliphatic carbocycles. The Labute approximate surface area is 222 Å². The lowest BCUT2D eigenvalue weighted by molar-refractivity contribution is -0.359. The fourth-order valence-corrected chi connectivity index (χ4v) is 5.75. The number of rotatable bonds is 8. The van der Waals surface area contributed by atoms with Crippen LogP contribution >= 0.6 is 31.9 Å². The molecule has 12 N–H and O–H groups in total. The van der Waals surface area contributed by atoms with E-state index in [1.54, 1.807) is 24.5 Å². The van der Waals surface area contributed by atoms with Crippen molar-refractivity contribution in [3.05, 3.63) is 68.6 Å². The van der Waals surface area contributed by atoms with Crippen molar-refractivity contribution in [2.24, 2.45) is 11.8 Å². The van der Waals surface area contributed by atoms with Gasteiger partial charge >= 0.3 is 11.9 Å². The molecule has 14 heteroatoms. The molecule has 1 fully saturated rings. The van der Waals surface area contributed by atoms with Crippen LogP contribution in [0.2, 0.25) is 0 Å². The van der Waals surface area contributed by atoms with Gasteiger partial charge in [-0.05, 0) is 55.8 Å². The number of hydrogen-bond acceptors (Lipinski definition) is 4. The summed E-state index contributed by atoms with van der Waals surface area (Å²) in [5.41, 5.74) is 14.6. The van der Waals surface area contributed by atoms with Crippen LogP contribution in [-0.2, 0) is 0 Å². The zero-order chi connectivity index (χ0) is 25.4. The Hall–Kier alpha value is -3.52. The van der Waals surface area contributed by atoms with Crippen molar-refractivity contribution in [1.29, 1.82) is 0 Å². The molecule has 2 amide bonds. The van der Waals surface area contributed by atoms with Gasteiger partial charge in [0.2, 0.25) is 0 Å². The number of hydrogen-bond donors (Lipinski definition) is 8. The predicted octanol–water partition coefficient (Wildman–Crippen LogP) is 1.29. The maximum Gasteiger partial charge on any atom is 0.350 e. The number of imidazole rings is 2. The minimum Gasteiger partial charge on any atom is -0.356 e.